The third-order valence-corrected chi connectivity index (χ3v) is 3.07. The van der Waals surface area contributed by atoms with Gasteiger partial charge in [-0.25, -0.2) is 9.78 Å². The molecular formula is C16H19NO4. The number of aromatic nitrogens is 1. The number of aryl methyl sites for hydroxylation is 1. The van der Waals surface area contributed by atoms with Crippen molar-refractivity contribution in [3.8, 4) is 11.5 Å². The van der Waals surface area contributed by atoms with Crippen molar-refractivity contribution >= 4 is 16.9 Å². The fourth-order valence-corrected chi connectivity index (χ4v) is 2.16. The number of hydrogen-bond acceptors (Lipinski definition) is 5. The molecule has 0 bridgehead atoms. The van der Waals surface area contributed by atoms with Gasteiger partial charge < -0.3 is 14.2 Å². The predicted molar refractivity (Wildman–Crippen MR) is 80.1 cm³/mol. The minimum absolute atomic E-state index is 0.0216. The summed E-state index contributed by atoms with van der Waals surface area (Å²) < 4.78 is 15.9. The van der Waals surface area contributed by atoms with Crippen LogP contribution in [0.15, 0.2) is 18.2 Å². The highest BCUT2D eigenvalue weighted by atomic mass is 16.5. The number of carbonyl (C=O) groups is 1. The van der Waals surface area contributed by atoms with Crippen molar-refractivity contribution in [1.29, 1.82) is 0 Å². The minimum atomic E-state index is -0.505. The number of fused-ring (bicyclic) bond motifs is 1. The molecule has 21 heavy (non-hydrogen) atoms. The smallest absolute Gasteiger partial charge is 0.356 e. The van der Waals surface area contributed by atoms with Crippen LogP contribution >= 0.6 is 0 Å². The van der Waals surface area contributed by atoms with Crippen molar-refractivity contribution in [2.24, 2.45) is 0 Å². The summed E-state index contributed by atoms with van der Waals surface area (Å²) in [4.78, 5) is 16.2. The van der Waals surface area contributed by atoms with Crippen LogP contribution in [0.2, 0.25) is 0 Å². The lowest BCUT2D eigenvalue weighted by molar-refractivity contribution is 0.0593. The zero-order chi connectivity index (χ0) is 15.6. The molecule has 112 valence electrons. The maximum absolute atomic E-state index is 11.8. The molecule has 0 atom stereocenters. The molecule has 1 aromatic carbocycles. The Kier molecular flexibility index (Phi) is 4.31. The van der Waals surface area contributed by atoms with E-state index >= 15 is 0 Å². The first-order valence-corrected chi connectivity index (χ1v) is 6.71. The van der Waals surface area contributed by atoms with E-state index in [9.17, 15) is 4.79 Å². The van der Waals surface area contributed by atoms with Crippen molar-refractivity contribution in [2.75, 3.05) is 14.2 Å². The first kappa shape index (κ1) is 15.1. The molecule has 0 saturated carbocycles. The Hall–Kier alpha value is -2.30. The van der Waals surface area contributed by atoms with E-state index in [-0.39, 0.29) is 11.8 Å². The number of nitrogens with zero attached hydrogens (tertiary/aromatic N) is 1. The van der Waals surface area contributed by atoms with Gasteiger partial charge in [0.05, 0.1) is 20.3 Å². The zero-order valence-corrected chi connectivity index (χ0v) is 12.9. The first-order valence-electron chi connectivity index (χ1n) is 6.71. The summed E-state index contributed by atoms with van der Waals surface area (Å²) >= 11 is 0. The van der Waals surface area contributed by atoms with E-state index in [1.165, 1.54) is 7.11 Å². The van der Waals surface area contributed by atoms with Gasteiger partial charge in [0.25, 0.3) is 0 Å². The van der Waals surface area contributed by atoms with Crippen LogP contribution in [-0.4, -0.2) is 31.3 Å². The monoisotopic (exact) mass is 289 g/mol. The molecule has 0 amide bonds. The number of methoxy groups -OCH3 is 2. The number of esters is 1. The number of ether oxygens (including phenoxy) is 3. The van der Waals surface area contributed by atoms with E-state index in [0.29, 0.717) is 17.0 Å². The molecule has 2 rings (SSSR count). The van der Waals surface area contributed by atoms with Crippen molar-refractivity contribution in [2.45, 2.75) is 26.9 Å². The Morgan fingerprint density at radius 3 is 2.48 bits per heavy atom. The summed E-state index contributed by atoms with van der Waals surface area (Å²) in [5, 5.41) is 0.843. The highest BCUT2D eigenvalue weighted by Gasteiger charge is 2.18. The van der Waals surface area contributed by atoms with Crippen LogP contribution in [0.5, 0.6) is 11.5 Å². The maximum Gasteiger partial charge on any atom is 0.356 e. The second-order valence-corrected chi connectivity index (χ2v) is 4.97. The van der Waals surface area contributed by atoms with E-state index < -0.39 is 5.97 Å². The number of benzene rings is 1. The lowest BCUT2D eigenvalue weighted by Gasteiger charge is -2.16. The van der Waals surface area contributed by atoms with Gasteiger partial charge in [-0.1, -0.05) is 6.07 Å². The van der Waals surface area contributed by atoms with Crippen molar-refractivity contribution in [3.05, 3.63) is 29.5 Å². The molecule has 0 N–H and O–H groups in total. The van der Waals surface area contributed by atoms with Crippen LogP contribution < -0.4 is 9.47 Å². The Morgan fingerprint density at radius 1 is 1.19 bits per heavy atom. The molecule has 0 aliphatic heterocycles. The number of carbonyl (C=O) groups excluding carboxylic acids is 1. The largest absolute Gasteiger partial charge is 0.494 e. The van der Waals surface area contributed by atoms with Gasteiger partial charge in [0.2, 0.25) is 0 Å². The standard InChI is InChI=1S/C16H19NO4/c1-9(2)21-13-8-11(16(18)20-5)17-15-12(19-4)7-6-10(3)14(13)15/h6-9H,1-5H3. The summed E-state index contributed by atoms with van der Waals surface area (Å²) in [5.74, 6) is 0.691. The average Bonchev–Trinajstić information content (AvgIpc) is 2.45. The lowest BCUT2D eigenvalue weighted by Crippen LogP contribution is -2.10. The van der Waals surface area contributed by atoms with Gasteiger partial charge >= 0.3 is 5.97 Å². The van der Waals surface area contributed by atoms with Gasteiger partial charge in [0, 0.05) is 11.5 Å². The molecule has 2 aromatic rings. The number of pyridine rings is 1. The predicted octanol–water partition coefficient (Wildman–Crippen LogP) is 3.13. The van der Waals surface area contributed by atoms with Crippen LogP contribution in [0.25, 0.3) is 10.9 Å². The van der Waals surface area contributed by atoms with E-state index in [2.05, 4.69) is 4.98 Å². The van der Waals surface area contributed by atoms with Crippen molar-refractivity contribution < 1.29 is 19.0 Å². The summed E-state index contributed by atoms with van der Waals surface area (Å²) in [5.41, 5.74) is 1.80. The van der Waals surface area contributed by atoms with Gasteiger partial charge in [-0.05, 0) is 32.4 Å². The molecule has 0 spiro atoms. The first-order chi connectivity index (χ1) is 9.97. The van der Waals surface area contributed by atoms with Crippen molar-refractivity contribution in [3.63, 3.8) is 0 Å². The Balaban J connectivity index is 2.80. The Labute approximate surface area is 123 Å². The van der Waals surface area contributed by atoms with Crippen LogP contribution in [0, 0.1) is 6.92 Å². The van der Waals surface area contributed by atoms with E-state index in [1.807, 2.05) is 32.9 Å². The molecule has 0 aliphatic carbocycles. The maximum atomic E-state index is 11.8. The van der Waals surface area contributed by atoms with Crippen LogP contribution in [0.1, 0.15) is 29.9 Å². The highest BCUT2D eigenvalue weighted by molar-refractivity contribution is 5.97. The molecule has 5 nitrogen and oxygen atoms in total. The summed E-state index contributed by atoms with van der Waals surface area (Å²) in [7, 11) is 2.89. The van der Waals surface area contributed by atoms with Crippen LogP contribution in [0.4, 0.5) is 0 Å². The number of rotatable bonds is 4. The molecule has 0 aliphatic rings. The second kappa shape index (κ2) is 5.99. The van der Waals surface area contributed by atoms with Gasteiger partial charge in [-0.2, -0.15) is 0 Å². The molecular weight excluding hydrogens is 270 g/mol. The average molecular weight is 289 g/mol. The molecule has 0 unspecified atom stereocenters. The molecule has 0 saturated heterocycles. The second-order valence-electron chi connectivity index (χ2n) is 4.97. The minimum Gasteiger partial charge on any atom is -0.494 e. The van der Waals surface area contributed by atoms with E-state index in [0.717, 1.165) is 10.9 Å². The Bertz CT molecular complexity index is 680. The quantitative estimate of drug-likeness (QED) is 0.809. The fraction of sp³-hybridized carbons (Fsp3) is 0.375. The molecule has 1 heterocycles. The highest BCUT2D eigenvalue weighted by Crippen LogP contribution is 2.34. The van der Waals surface area contributed by atoms with Crippen molar-refractivity contribution in [1.82, 2.24) is 4.98 Å². The van der Waals surface area contributed by atoms with E-state index in [4.69, 9.17) is 14.2 Å². The number of hydrogen-bond donors (Lipinski definition) is 0. The topological polar surface area (TPSA) is 57.7 Å². The van der Waals surface area contributed by atoms with Crippen LogP contribution in [-0.2, 0) is 4.74 Å². The zero-order valence-electron chi connectivity index (χ0n) is 12.9. The molecule has 0 fully saturated rings. The molecule has 1 aromatic heterocycles. The van der Waals surface area contributed by atoms with E-state index in [1.54, 1.807) is 13.2 Å². The van der Waals surface area contributed by atoms with Crippen LogP contribution in [0.3, 0.4) is 0 Å². The van der Waals surface area contributed by atoms with Gasteiger partial charge in [0.1, 0.15) is 17.0 Å². The van der Waals surface area contributed by atoms with Gasteiger partial charge in [-0.15, -0.1) is 0 Å². The third-order valence-electron chi connectivity index (χ3n) is 3.07. The normalized spacial score (nSPS) is 10.8. The fourth-order valence-electron chi connectivity index (χ4n) is 2.16. The summed E-state index contributed by atoms with van der Waals surface area (Å²) in [6.45, 7) is 5.83. The Morgan fingerprint density at radius 2 is 1.90 bits per heavy atom. The molecule has 5 heteroatoms. The SMILES string of the molecule is COC(=O)c1cc(OC(C)C)c2c(C)ccc(OC)c2n1. The van der Waals surface area contributed by atoms with Gasteiger partial charge in [0.15, 0.2) is 5.69 Å². The summed E-state index contributed by atoms with van der Waals surface area (Å²) in [6.07, 6.45) is -0.0216. The lowest BCUT2D eigenvalue weighted by atomic mass is 10.1. The van der Waals surface area contributed by atoms with Gasteiger partial charge in [-0.3, -0.25) is 0 Å². The molecule has 0 radical (unpaired) electrons. The summed E-state index contributed by atoms with van der Waals surface area (Å²) in [6, 6.07) is 5.37. The third kappa shape index (κ3) is 2.91.